The average Bonchev–Trinajstić information content (AvgIpc) is 2.74. The first-order valence-corrected chi connectivity index (χ1v) is 9.61. The van der Waals surface area contributed by atoms with E-state index in [0.29, 0.717) is 17.9 Å². The lowest BCUT2D eigenvalue weighted by Gasteiger charge is -2.16. The van der Waals surface area contributed by atoms with Gasteiger partial charge in [0.25, 0.3) is 0 Å². The van der Waals surface area contributed by atoms with Crippen molar-refractivity contribution in [2.24, 2.45) is 10.9 Å². The highest BCUT2D eigenvalue weighted by Gasteiger charge is 2.29. The van der Waals surface area contributed by atoms with Gasteiger partial charge >= 0.3 is 0 Å². The maximum atomic E-state index is 13.1. The highest BCUT2D eigenvalue weighted by Crippen LogP contribution is 2.14. The van der Waals surface area contributed by atoms with E-state index in [-0.39, 0.29) is 18.1 Å². The third kappa shape index (κ3) is 5.98. The van der Waals surface area contributed by atoms with Gasteiger partial charge in [-0.1, -0.05) is 78.9 Å². The van der Waals surface area contributed by atoms with Crippen molar-refractivity contribution >= 4 is 23.1 Å². The van der Waals surface area contributed by atoms with Crippen molar-refractivity contribution < 1.29 is 9.59 Å². The molecule has 3 aromatic carbocycles. The molecule has 0 aromatic heterocycles. The molecule has 1 N–H and O–H groups in total. The van der Waals surface area contributed by atoms with E-state index in [1.807, 2.05) is 78.9 Å². The third-order valence-corrected chi connectivity index (χ3v) is 4.62. The Balaban J connectivity index is 1.81. The zero-order valence-corrected chi connectivity index (χ0v) is 16.4. The van der Waals surface area contributed by atoms with Gasteiger partial charge in [-0.2, -0.15) is 0 Å². The van der Waals surface area contributed by atoms with Crippen molar-refractivity contribution in [1.29, 1.82) is 0 Å². The van der Waals surface area contributed by atoms with Crippen molar-refractivity contribution in [3.63, 3.8) is 0 Å². The Hall–Kier alpha value is -3.53. The summed E-state index contributed by atoms with van der Waals surface area (Å²) >= 11 is 0. The van der Waals surface area contributed by atoms with E-state index in [0.717, 1.165) is 11.1 Å². The molecule has 0 saturated carbocycles. The Morgan fingerprint density at radius 1 is 0.793 bits per heavy atom. The first kappa shape index (κ1) is 20.2. The lowest BCUT2D eigenvalue weighted by molar-refractivity contribution is -0.127. The molecule has 4 nitrogen and oxygen atoms in total. The summed E-state index contributed by atoms with van der Waals surface area (Å²) < 4.78 is 0. The van der Waals surface area contributed by atoms with Crippen molar-refractivity contribution in [3.05, 3.63) is 102 Å². The van der Waals surface area contributed by atoms with Crippen molar-refractivity contribution in [1.82, 2.24) is 0 Å². The van der Waals surface area contributed by atoms with E-state index in [2.05, 4.69) is 10.3 Å². The minimum Gasteiger partial charge on any atom is -0.325 e. The van der Waals surface area contributed by atoms with E-state index < -0.39 is 5.92 Å². The monoisotopic (exact) mass is 384 g/mol. The Morgan fingerprint density at radius 2 is 1.31 bits per heavy atom. The van der Waals surface area contributed by atoms with Crippen LogP contribution in [-0.4, -0.2) is 17.4 Å². The van der Waals surface area contributed by atoms with Crippen LogP contribution in [0.3, 0.4) is 0 Å². The lowest BCUT2D eigenvalue weighted by Crippen LogP contribution is -2.36. The summed E-state index contributed by atoms with van der Waals surface area (Å²) in [7, 11) is 0. The number of rotatable bonds is 8. The second-order valence-electron chi connectivity index (χ2n) is 6.86. The molecule has 0 saturated heterocycles. The molecule has 1 unspecified atom stereocenters. The molecular weight excluding hydrogens is 360 g/mol. The van der Waals surface area contributed by atoms with Crippen LogP contribution in [0.4, 0.5) is 5.69 Å². The van der Waals surface area contributed by atoms with Gasteiger partial charge in [-0.15, -0.1) is 0 Å². The number of Topliss-reactive ketones (excluding diaryl/α,β-unsaturated/α-hetero) is 1. The third-order valence-electron chi connectivity index (χ3n) is 4.62. The number of amides is 1. The van der Waals surface area contributed by atoms with Gasteiger partial charge in [0.15, 0.2) is 5.78 Å². The van der Waals surface area contributed by atoms with E-state index >= 15 is 0 Å². The van der Waals surface area contributed by atoms with E-state index in [1.54, 1.807) is 19.1 Å². The molecule has 0 spiro atoms. The van der Waals surface area contributed by atoms with Gasteiger partial charge in [0.2, 0.25) is 5.91 Å². The zero-order valence-electron chi connectivity index (χ0n) is 16.4. The Bertz CT molecular complexity index is 914. The number of aliphatic imine (C=N–C) groups is 1. The molecule has 1 atom stereocenters. The number of carbonyl (C=O) groups is 2. The summed E-state index contributed by atoms with van der Waals surface area (Å²) in [6.45, 7) is 2.18. The Kier molecular flexibility index (Phi) is 7.06. The molecule has 0 aliphatic carbocycles. The smallest absolute Gasteiger partial charge is 0.240 e. The minimum atomic E-state index is -0.931. The molecule has 0 heterocycles. The van der Waals surface area contributed by atoms with Crippen LogP contribution in [0.5, 0.6) is 0 Å². The Morgan fingerprint density at radius 3 is 1.90 bits per heavy atom. The highest BCUT2D eigenvalue weighted by molar-refractivity contribution is 6.23. The second kappa shape index (κ2) is 10.1. The number of hydrogen-bond donors (Lipinski definition) is 1. The maximum Gasteiger partial charge on any atom is 0.240 e. The topological polar surface area (TPSA) is 58.5 Å². The van der Waals surface area contributed by atoms with Crippen molar-refractivity contribution in [3.8, 4) is 0 Å². The van der Waals surface area contributed by atoms with Crippen LogP contribution in [0.15, 0.2) is 96.0 Å². The van der Waals surface area contributed by atoms with Crippen molar-refractivity contribution in [2.45, 2.75) is 19.9 Å². The van der Waals surface area contributed by atoms with E-state index in [1.165, 1.54) is 0 Å². The summed E-state index contributed by atoms with van der Waals surface area (Å²) in [6, 6.07) is 28.4. The number of benzene rings is 3. The van der Waals surface area contributed by atoms with Crippen molar-refractivity contribution in [2.75, 3.05) is 5.32 Å². The number of hydrogen-bond acceptors (Lipinski definition) is 3. The molecule has 146 valence electrons. The Labute approximate surface area is 171 Å². The molecule has 0 bridgehead atoms. The summed E-state index contributed by atoms with van der Waals surface area (Å²) in [5, 5.41) is 2.85. The first-order valence-electron chi connectivity index (χ1n) is 9.61. The highest BCUT2D eigenvalue weighted by atomic mass is 16.2. The van der Waals surface area contributed by atoms with E-state index in [9.17, 15) is 9.59 Å². The zero-order chi connectivity index (χ0) is 20.5. The number of nitrogens with zero attached hydrogens (tertiary/aromatic N) is 1. The van der Waals surface area contributed by atoms with Crippen LogP contribution >= 0.6 is 0 Å². The van der Waals surface area contributed by atoms with Crippen LogP contribution in [0, 0.1) is 5.92 Å². The van der Waals surface area contributed by atoms with Gasteiger partial charge in [-0.05, 0) is 30.2 Å². The minimum absolute atomic E-state index is 0.168. The maximum absolute atomic E-state index is 13.1. The van der Waals surface area contributed by atoms with Crippen LogP contribution in [0.2, 0.25) is 0 Å². The summed E-state index contributed by atoms with van der Waals surface area (Å²) in [6.07, 6.45) is 0.186. The summed E-state index contributed by atoms with van der Waals surface area (Å²) in [5.41, 5.74) is 3.09. The van der Waals surface area contributed by atoms with Crippen LogP contribution in [-0.2, 0) is 22.6 Å². The summed E-state index contributed by atoms with van der Waals surface area (Å²) in [5.74, 6) is -1.45. The summed E-state index contributed by atoms with van der Waals surface area (Å²) in [4.78, 5) is 30.6. The average molecular weight is 384 g/mol. The fraction of sp³-hybridized carbons (Fsp3) is 0.160. The molecule has 3 rings (SSSR count). The largest absolute Gasteiger partial charge is 0.325 e. The predicted molar refractivity (Wildman–Crippen MR) is 117 cm³/mol. The molecule has 29 heavy (non-hydrogen) atoms. The van der Waals surface area contributed by atoms with Crippen LogP contribution in [0.25, 0.3) is 0 Å². The van der Waals surface area contributed by atoms with Gasteiger partial charge < -0.3 is 5.32 Å². The predicted octanol–water partition coefficient (Wildman–Crippen LogP) is 4.71. The second-order valence-corrected chi connectivity index (χ2v) is 6.86. The van der Waals surface area contributed by atoms with Gasteiger partial charge in [-0.3, -0.25) is 14.6 Å². The SMILES string of the molecule is CC(=NCc1ccccc1)C(C(=O)Cc1ccccc1)C(=O)Nc1ccccc1. The number of para-hydroxylation sites is 1. The van der Waals surface area contributed by atoms with Gasteiger partial charge in [0.05, 0.1) is 6.54 Å². The molecular formula is C25H24N2O2. The van der Waals surface area contributed by atoms with Crippen LogP contribution < -0.4 is 5.32 Å². The standard InChI is InChI=1S/C25H24N2O2/c1-19(26-18-21-13-7-3-8-14-21)24(23(28)17-20-11-5-2-6-12-20)25(29)27-22-15-9-4-10-16-22/h2-16,24H,17-18H2,1H3,(H,27,29). The van der Waals surface area contributed by atoms with Gasteiger partial charge in [-0.25, -0.2) is 0 Å². The normalized spacial score (nSPS) is 12.2. The van der Waals surface area contributed by atoms with Crippen LogP contribution in [0.1, 0.15) is 18.1 Å². The number of nitrogens with one attached hydrogen (secondary N) is 1. The quantitative estimate of drug-likeness (QED) is 0.451. The molecule has 0 aliphatic rings. The van der Waals surface area contributed by atoms with E-state index in [4.69, 9.17) is 0 Å². The molecule has 1 amide bonds. The molecule has 0 aliphatic heterocycles. The molecule has 4 heteroatoms. The number of ketones is 1. The van der Waals surface area contributed by atoms with Gasteiger partial charge in [0, 0.05) is 17.8 Å². The number of anilines is 1. The molecule has 0 fully saturated rings. The first-order chi connectivity index (χ1) is 14.1. The lowest BCUT2D eigenvalue weighted by atomic mass is 9.93. The molecule has 3 aromatic rings. The fourth-order valence-corrected chi connectivity index (χ4v) is 3.09. The number of carbonyl (C=O) groups excluding carboxylic acids is 2. The fourth-order valence-electron chi connectivity index (χ4n) is 3.09. The molecule has 0 radical (unpaired) electrons. The van der Waals surface area contributed by atoms with Gasteiger partial charge in [0.1, 0.15) is 5.92 Å².